The average molecular weight is 646 g/mol. The van der Waals surface area contributed by atoms with Crippen molar-refractivity contribution in [1.29, 1.82) is 0 Å². The molecule has 10 nitrogen and oxygen atoms in total. The van der Waals surface area contributed by atoms with Gasteiger partial charge < -0.3 is 14.2 Å². The molecule has 2 saturated heterocycles. The summed E-state index contributed by atoms with van der Waals surface area (Å²) in [7, 11) is 2.66. The third-order valence-corrected chi connectivity index (χ3v) is 13.1. The van der Waals surface area contributed by atoms with Gasteiger partial charge >= 0.3 is 10.2 Å². The summed E-state index contributed by atoms with van der Waals surface area (Å²) in [6.45, 7) is 2.22. The Morgan fingerprint density at radius 3 is 2.48 bits per heavy atom. The molecule has 2 bridgehead atoms. The molecule has 2 saturated carbocycles. The number of methoxy groups -OCH3 is 1. The average Bonchev–Trinajstić information content (AvgIpc) is 3.29. The maximum Gasteiger partial charge on any atom is 0.303 e. The summed E-state index contributed by atoms with van der Waals surface area (Å²) >= 11 is 0. The third-order valence-electron chi connectivity index (χ3n) is 11.7. The predicted octanol–water partition coefficient (Wildman–Crippen LogP) is 4.30. The second kappa shape index (κ2) is 10.6. The van der Waals surface area contributed by atoms with Gasteiger partial charge in [0.1, 0.15) is 5.75 Å². The number of nitrogens with zero attached hydrogens (tertiary/aromatic N) is 4. The molecule has 4 fully saturated rings. The lowest BCUT2D eigenvalue weighted by atomic mass is 9.81. The predicted molar refractivity (Wildman–Crippen MR) is 176 cm³/mol. The van der Waals surface area contributed by atoms with E-state index in [2.05, 4.69) is 38.3 Å². The van der Waals surface area contributed by atoms with E-state index in [0.717, 1.165) is 71.0 Å². The van der Waals surface area contributed by atoms with E-state index in [0.29, 0.717) is 18.5 Å². The van der Waals surface area contributed by atoms with Crippen LogP contribution in [-0.2, 0) is 21.5 Å². The van der Waals surface area contributed by atoms with Gasteiger partial charge in [-0.25, -0.2) is 4.72 Å². The van der Waals surface area contributed by atoms with Crippen LogP contribution in [0, 0.1) is 5.41 Å². The summed E-state index contributed by atoms with van der Waals surface area (Å²) in [6, 6.07) is 12.6. The Labute approximate surface area is 270 Å². The van der Waals surface area contributed by atoms with E-state index in [-0.39, 0.29) is 23.4 Å². The van der Waals surface area contributed by atoms with Gasteiger partial charge in [-0.2, -0.15) is 12.7 Å². The second-order valence-electron chi connectivity index (χ2n) is 14.4. The Bertz CT molecular complexity index is 1880. The number of fused-ring (bicyclic) bond motifs is 9. The van der Waals surface area contributed by atoms with E-state index in [4.69, 9.17) is 4.74 Å². The topological polar surface area (TPSA) is 104 Å². The van der Waals surface area contributed by atoms with Crippen LogP contribution in [-0.4, -0.2) is 92.3 Å². The Hall–Kier alpha value is -3.41. The number of likely N-dealkylation sites (N-methyl/N-ethyl adjacent to an activating group) is 1. The van der Waals surface area contributed by atoms with Crippen molar-refractivity contribution < 1.29 is 22.7 Å². The Morgan fingerprint density at radius 1 is 1.02 bits per heavy atom. The summed E-state index contributed by atoms with van der Waals surface area (Å²) in [5.74, 6) is 0.803. The molecule has 244 valence electrons. The minimum atomic E-state index is -3.96. The lowest BCUT2D eigenvalue weighted by Gasteiger charge is -2.35. The molecular formula is C35H43N5O5S. The molecule has 8 rings (SSSR count). The highest BCUT2D eigenvalue weighted by Crippen LogP contribution is 2.66. The molecule has 4 heterocycles. The van der Waals surface area contributed by atoms with Crippen LogP contribution < -0.4 is 9.46 Å². The van der Waals surface area contributed by atoms with Crippen LogP contribution in [0.2, 0.25) is 0 Å². The quantitative estimate of drug-likeness (QED) is 0.429. The van der Waals surface area contributed by atoms with E-state index in [1.54, 1.807) is 13.2 Å². The van der Waals surface area contributed by atoms with Crippen molar-refractivity contribution in [2.24, 2.45) is 5.41 Å². The number of likely N-dealkylation sites (tertiary alicyclic amines) is 2. The Kier molecular flexibility index (Phi) is 6.87. The Morgan fingerprint density at radius 2 is 1.80 bits per heavy atom. The van der Waals surface area contributed by atoms with Gasteiger partial charge in [0.15, 0.2) is 0 Å². The molecule has 3 unspecified atom stereocenters. The molecular weight excluding hydrogens is 602 g/mol. The number of amides is 2. The van der Waals surface area contributed by atoms with Crippen molar-refractivity contribution in [3.05, 3.63) is 53.1 Å². The van der Waals surface area contributed by atoms with Crippen LogP contribution in [0.5, 0.6) is 5.75 Å². The van der Waals surface area contributed by atoms with E-state index >= 15 is 0 Å². The summed E-state index contributed by atoms with van der Waals surface area (Å²) in [6.07, 6.45) is 7.58. The first kappa shape index (κ1) is 30.0. The summed E-state index contributed by atoms with van der Waals surface area (Å²) < 4.78 is 36.3. The van der Waals surface area contributed by atoms with Crippen LogP contribution in [0.4, 0.5) is 0 Å². The zero-order valence-electron chi connectivity index (χ0n) is 27.1. The Balaban J connectivity index is 1.32. The minimum Gasteiger partial charge on any atom is -0.497 e. The van der Waals surface area contributed by atoms with E-state index < -0.39 is 21.5 Å². The molecule has 4 atom stereocenters. The van der Waals surface area contributed by atoms with Gasteiger partial charge in [0.2, 0.25) is 5.91 Å². The molecule has 1 aromatic heterocycles. The van der Waals surface area contributed by atoms with Gasteiger partial charge in [0.25, 0.3) is 5.91 Å². The molecule has 1 N–H and O–H groups in total. The lowest BCUT2D eigenvalue weighted by Crippen LogP contribution is -2.50. The third kappa shape index (κ3) is 4.45. The first-order valence-electron chi connectivity index (χ1n) is 16.6. The van der Waals surface area contributed by atoms with E-state index in [1.165, 1.54) is 44.5 Å². The molecule has 0 radical (unpaired) electrons. The lowest BCUT2D eigenvalue weighted by molar-refractivity contribution is -0.140. The molecule has 11 heteroatoms. The number of aromatic nitrogens is 1. The number of benzene rings is 2. The van der Waals surface area contributed by atoms with Crippen molar-refractivity contribution in [2.75, 3.05) is 41.3 Å². The van der Waals surface area contributed by atoms with Crippen molar-refractivity contribution in [1.82, 2.24) is 23.4 Å². The van der Waals surface area contributed by atoms with Gasteiger partial charge in [-0.3, -0.25) is 14.5 Å². The van der Waals surface area contributed by atoms with Gasteiger partial charge in [0.05, 0.1) is 18.2 Å². The second-order valence-corrected chi connectivity index (χ2v) is 16.3. The van der Waals surface area contributed by atoms with Crippen LogP contribution in [0.15, 0.2) is 36.4 Å². The van der Waals surface area contributed by atoms with Crippen LogP contribution in [0.3, 0.4) is 0 Å². The molecule has 2 aromatic carbocycles. The molecule has 2 aliphatic carbocycles. The zero-order chi connectivity index (χ0) is 32.1. The highest BCUT2D eigenvalue weighted by Gasteiger charge is 2.65. The van der Waals surface area contributed by atoms with E-state index in [1.807, 2.05) is 18.2 Å². The minimum absolute atomic E-state index is 0.0767. The number of piperazine rings is 1. The van der Waals surface area contributed by atoms with Crippen molar-refractivity contribution in [3.63, 3.8) is 0 Å². The number of rotatable bonds is 6. The van der Waals surface area contributed by atoms with Crippen molar-refractivity contribution in [3.8, 4) is 17.0 Å². The molecule has 0 spiro atoms. The summed E-state index contributed by atoms with van der Waals surface area (Å²) in [4.78, 5) is 32.6. The van der Waals surface area contributed by atoms with Crippen LogP contribution in [0.1, 0.15) is 78.3 Å². The van der Waals surface area contributed by atoms with Gasteiger partial charge in [-0.15, -0.1) is 0 Å². The number of hydrogen-bond donors (Lipinski definition) is 1. The van der Waals surface area contributed by atoms with Gasteiger partial charge in [-0.05, 0) is 80.1 Å². The van der Waals surface area contributed by atoms with Gasteiger partial charge in [-0.1, -0.05) is 25.3 Å². The smallest absolute Gasteiger partial charge is 0.303 e. The fourth-order valence-corrected chi connectivity index (χ4v) is 9.62. The molecule has 46 heavy (non-hydrogen) atoms. The molecule has 3 aliphatic heterocycles. The summed E-state index contributed by atoms with van der Waals surface area (Å²) in [5, 5.41) is 1.08. The molecule has 3 aromatic rings. The summed E-state index contributed by atoms with van der Waals surface area (Å²) in [5.41, 5.74) is 5.31. The normalized spacial score (nSPS) is 27.3. The fraction of sp³-hybridized carbons (Fsp3) is 0.543. The SMILES string of the molecule is COc1ccc2c(c1)C1C[C@@]1(C(=O)N1CC3CC1CN3C)Cn1c-2c(C2CCCCC2)c2ccc(C(=O)NS(=O)(=O)N(C)C)cc21. The number of carbonyl (C=O) groups is 2. The fourth-order valence-electron chi connectivity index (χ4n) is 9.09. The standard InChI is InChI=1S/C35H43N5O5S/c1-37(2)46(43,44)36-33(41)22-10-12-27-30(14-22)40-20-35(34(42)39-19-23-15-24(39)18-38(23)3)17-29(35)28-16-25(45-4)11-13-26(28)32(40)31(27)21-8-6-5-7-9-21/h10-14,16,21,23-24,29H,5-9,15,17-20H2,1-4H3,(H,36,41)/t23?,24?,29?,35-/m1/s1. The maximum atomic E-state index is 14.8. The first-order valence-corrected chi connectivity index (χ1v) is 18.1. The first-order chi connectivity index (χ1) is 22.0. The van der Waals surface area contributed by atoms with Gasteiger partial charge in [0, 0.05) is 73.8 Å². The largest absolute Gasteiger partial charge is 0.497 e. The van der Waals surface area contributed by atoms with Crippen LogP contribution >= 0.6 is 0 Å². The monoisotopic (exact) mass is 645 g/mol. The highest BCUT2D eigenvalue weighted by molar-refractivity contribution is 7.87. The van der Waals surface area contributed by atoms with E-state index in [9.17, 15) is 18.0 Å². The number of hydrogen-bond acceptors (Lipinski definition) is 6. The number of ether oxygens (including phenoxy) is 1. The highest BCUT2D eigenvalue weighted by atomic mass is 32.2. The van der Waals surface area contributed by atoms with Crippen LogP contribution in [0.25, 0.3) is 22.2 Å². The zero-order valence-corrected chi connectivity index (χ0v) is 27.9. The van der Waals surface area contributed by atoms with Crippen molar-refractivity contribution >= 4 is 32.9 Å². The number of nitrogens with one attached hydrogen (secondary N) is 1. The number of carbonyl (C=O) groups excluding carboxylic acids is 2. The maximum absolute atomic E-state index is 14.8. The molecule has 2 amide bonds. The van der Waals surface area contributed by atoms with Crippen molar-refractivity contribution in [2.45, 2.75) is 75.4 Å². The molecule has 5 aliphatic rings.